The van der Waals surface area contributed by atoms with E-state index in [1.807, 2.05) is 0 Å². The highest BCUT2D eigenvalue weighted by Crippen LogP contribution is 2.09. The zero-order valence-corrected chi connectivity index (χ0v) is 9.67. The number of carbonyl (C=O) groups is 1. The lowest BCUT2D eigenvalue weighted by Gasteiger charge is -2.05. The summed E-state index contributed by atoms with van der Waals surface area (Å²) in [6.45, 7) is 9.07. The predicted octanol–water partition coefficient (Wildman–Crippen LogP) is 2.54. The quantitative estimate of drug-likeness (QED) is 0.319. The third kappa shape index (κ3) is 7.61. The van der Waals surface area contributed by atoms with Gasteiger partial charge in [-0.1, -0.05) is 35.2 Å². The molecule has 0 aliphatic rings. The summed E-state index contributed by atoms with van der Waals surface area (Å²) in [4.78, 5) is 10.4. The van der Waals surface area contributed by atoms with Crippen LogP contribution in [0.5, 0.6) is 0 Å². The van der Waals surface area contributed by atoms with Crippen molar-refractivity contribution in [2.24, 2.45) is 0 Å². The van der Waals surface area contributed by atoms with Crippen LogP contribution in [-0.2, 0) is 14.3 Å². The molecule has 0 spiro atoms. The van der Waals surface area contributed by atoms with Crippen molar-refractivity contribution in [3.8, 4) is 0 Å². The van der Waals surface area contributed by atoms with Crippen LogP contribution in [0.2, 0.25) is 0 Å². The normalized spacial score (nSPS) is 10.6. The topological polar surface area (TPSA) is 35.5 Å². The SMILES string of the molecule is C=C/C(Br)=C\C(=C)OCCOC(C)=O. The van der Waals surface area contributed by atoms with Crippen molar-refractivity contribution < 1.29 is 14.3 Å². The van der Waals surface area contributed by atoms with E-state index in [1.165, 1.54) is 6.92 Å². The average molecular weight is 261 g/mol. The van der Waals surface area contributed by atoms with Gasteiger partial charge in [0.05, 0.1) is 0 Å². The maximum Gasteiger partial charge on any atom is 0.302 e. The molecular formula is C10H13BrO3. The van der Waals surface area contributed by atoms with Crippen molar-refractivity contribution >= 4 is 21.9 Å². The van der Waals surface area contributed by atoms with Gasteiger partial charge in [-0.05, 0) is 6.08 Å². The maximum atomic E-state index is 10.4. The van der Waals surface area contributed by atoms with Crippen molar-refractivity contribution in [2.45, 2.75) is 6.92 Å². The minimum Gasteiger partial charge on any atom is -0.491 e. The minimum absolute atomic E-state index is 0.230. The molecule has 0 fully saturated rings. The van der Waals surface area contributed by atoms with Crippen LogP contribution in [0.3, 0.4) is 0 Å². The van der Waals surface area contributed by atoms with Crippen LogP contribution in [0.25, 0.3) is 0 Å². The molecule has 0 aromatic carbocycles. The number of carbonyl (C=O) groups excluding carboxylic acids is 1. The van der Waals surface area contributed by atoms with Crippen molar-refractivity contribution in [3.05, 3.63) is 35.6 Å². The van der Waals surface area contributed by atoms with Crippen LogP contribution >= 0.6 is 15.9 Å². The predicted molar refractivity (Wildman–Crippen MR) is 58.9 cm³/mol. The standard InChI is InChI=1S/C10H13BrO3/c1-4-10(11)7-8(2)13-5-6-14-9(3)12/h4,7H,1-2,5-6H2,3H3/b10-7+. The molecule has 0 N–H and O–H groups in total. The molecule has 0 heterocycles. The first-order valence-corrected chi connectivity index (χ1v) is 4.80. The first-order valence-electron chi connectivity index (χ1n) is 4.01. The Balaban J connectivity index is 3.65. The van der Waals surface area contributed by atoms with Crippen LogP contribution in [0.4, 0.5) is 0 Å². The molecule has 3 nitrogen and oxygen atoms in total. The Kier molecular flexibility index (Phi) is 6.84. The number of hydrogen-bond acceptors (Lipinski definition) is 3. The highest BCUT2D eigenvalue weighted by molar-refractivity contribution is 9.11. The van der Waals surface area contributed by atoms with Crippen molar-refractivity contribution in [1.82, 2.24) is 0 Å². The number of allylic oxidation sites excluding steroid dienone is 3. The van der Waals surface area contributed by atoms with E-state index in [4.69, 9.17) is 4.74 Å². The van der Waals surface area contributed by atoms with Gasteiger partial charge in [0.2, 0.25) is 0 Å². The van der Waals surface area contributed by atoms with Crippen molar-refractivity contribution in [1.29, 1.82) is 0 Å². The fraction of sp³-hybridized carbons (Fsp3) is 0.300. The molecule has 0 aliphatic carbocycles. The first kappa shape index (κ1) is 13.0. The summed E-state index contributed by atoms with van der Waals surface area (Å²) in [6, 6.07) is 0. The lowest BCUT2D eigenvalue weighted by molar-refractivity contribution is -0.142. The molecule has 78 valence electrons. The van der Waals surface area contributed by atoms with E-state index < -0.39 is 0 Å². The highest BCUT2D eigenvalue weighted by atomic mass is 79.9. The maximum absolute atomic E-state index is 10.4. The summed E-state index contributed by atoms with van der Waals surface area (Å²) in [6.07, 6.45) is 3.31. The van der Waals surface area contributed by atoms with E-state index in [0.29, 0.717) is 12.4 Å². The number of rotatable bonds is 6. The monoisotopic (exact) mass is 260 g/mol. The second-order valence-electron chi connectivity index (χ2n) is 2.39. The largest absolute Gasteiger partial charge is 0.491 e. The van der Waals surface area contributed by atoms with Gasteiger partial charge >= 0.3 is 5.97 Å². The average Bonchev–Trinajstić information content (AvgIpc) is 2.12. The summed E-state index contributed by atoms with van der Waals surface area (Å²) in [5.41, 5.74) is 0. The Labute approximate surface area is 92.2 Å². The zero-order valence-electron chi connectivity index (χ0n) is 8.09. The Morgan fingerprint density at radius 2 is 2.00 bits per heavy atom. The summed E-state index contributed by atoms with van der Waals surface area (Å²) in [7, 11) is 0. The number of ether oxygens (including phenoxy) is 2. The van der Waals surface area contributed by atoms with Crippen molar-refractivity contribution in [3.63, 3.8) is 0 Å². The highest BCUT2D eigenvalue weighted by Gasteiger charge is 1.94. The van der Waals surface area contributed by atoms with E-state index >= 15 is 0 Å². The van der Waals surface area contributed by atoms with E-state index in [9.17, 15) is 4.79 Å². The van der Waals surface area contributed by atoms with Gasteiger partial charge in [-0.3, -0.25) is 4.79 Å². The number of hydrogen-bond donors (Lipinski definition) is 0. The van der Waals surface area contributed by atoms with Gasteiger partial charge < -0.3 is 9.47 Å². The number of esters is 1. The Hall–Kier alpha value is -1.03. The van der Waals surface area contributed by atoms with E-state index in [0.717, 1.165) is 4.48 Å². The molecule has 0 atom stereocenters. The second-order valence-corrected chi connectivity index (χ2v) is 3.30. The first-order chi connectivity index (χ1) is 6.56. The summed E-state index contributed by atoms with van der Waals surface area (Å²) in [5.74, 6) is 0.172. The molecule has 0 amide bonds. The molecule has 0 aliphatic heterocycles. The van der Waals surface area contributed by atoms with Crippen LogP contribution < -0.4 is 0 Å². The molecule has 0 unspecified atom stereocenters. The third-order valence-corrected chi connectivity index (χ3v) is 1.72. The number of halogens is 1. The summed E-state index contributed by atoms with van der Waals surface area (Å²) < 4.78 is 10.6. The fourth-order valence-corrected chi connectivity index (χ4v) is 0.868. The molecular weight excluding hydrogens is 248 g/mol. The zero-order chi connectivity index (χ0) is 11.0. The lowest BCUT2D eigenvalue weighted by Crippen LogP contribution is -2.06. The van der Waals surface area contributed by atoms with Gasteiger partial charge in [0.1, 0.15) is 19.0 Å². The molecule has 0 saturated heterocycles. The minimum atomic E-state index is -0.318. The van der Waals surface area contributed by atoms with Gasteiger partial charge in [-0.15, -0.1) is 0 Å². The Morgan fingerprint density at radius 3 is 2.50 bits per heavy atom. The lowest BCUT2D eigenvalue weighted by atomic mass is 10.4. The third-order valence-electron chi connectivity index (χ3n) is 1.17. The molecule has 0 bridgehead atoms. The van der Waals surface area contributed by atoms with Crippen LogP contribution in [0.15, 0.2) is 35.6 Å². The van der Waals surface area contributed by atoms with Gasteiger partial charge in [0, 0.05) is 11.4 Å². The van der Waals surface area contributed by atoms with Crippen LogP contribution in [-0.4, -0.2) is 19.2 Å². The van der Waals surface area contributed by atoms with Gasteiger partial charge in [0.15, 0.2) is 0 Å². The van der Waals surface area contributed by atoms with Gasteiger partial charge in [0.25, 0.3) is 0 Å². The van der Waals surface area contributed by atoms with E-state index in [2.05, 4.69) is 33.8 Å². The molecule has 14 heavy (non-hydrogen) atoms. The van der Waals surface area contributed by atoms with Gasteiger partial charge in [-0.25, -0.2) is 0 Å². The molecule has 0 aromatic heterocycles. The smallest absolute Gasteiger partial charge is 0.302 e. The molecule has 0 aromatic rings. The molecule has 0 rings (SSSR count). The Bertz CT molecular complexity index is 256. The molecule has 4 heteroatoms. The van der Waals surface area contributed by atoms with Crippen molar-refractivity contribution in [2.75, 3.05) is 13.2 Å². The van der Waals surface area contributed by atoms with Crippen LogP contribution in [0, 0.1) is 0 Å². The Morgan fingerprint density at radius 1 is 1.43 bits per heavy atom. The van der Waals surface area contributed by atoms with E-state index in [-0.39, 0.29) is 12.6 Å². The van der Waals surface area contributed by atoms with Gasteiger partial charge in [-0.2, -0.15) is 0 Å². The summed E-state index contributed by atoms with van der Waals surface area (Å²) in [5, 5.41) is 0. The fourth-order valence-electron chi connectivity index (χ4n) is 0.613. The summed E-state index contributed by atoms with van der Waals surface area (Å²) >= 11 is 3.23. The van der Waals surface area contributed by atoms with Crippen LogP contribution in [0.1, 0.15) is 6.92 Å². The molecule has 0 saturated carbocycles. The molecule has 0 radical (unpaired) electrons. The van der Waals surface area contributed by atoms with E-state index in [1.54, 1.807) is 12.2 Å². The second kappa shape index (κ2) is 7.38.